The van der Waals surface area contributed by atoms with E-state index >= 15 is 0 Å². The minimum absolute atomic E-state index is 0.0686. The molecule has 1 amide bonds. The van der Waals surface area contributed by atoms with Gasteiger partial charge in [0, 0.05) is 39.5 Å². The highest BCUT2D eigenvalue weighted by molar-refractivity contribution is 6.35. The Morgan fingerprint density at radius 1 is 0.935 bits per heavy atom. The number of hydrogen-bond donors (Lipinski definition) is 1. The lowest BCUT2D eigenvalue weighted by molar-refractivity contribution is -0.110. The van der Waals surface area contributed by atoms with Gasteiger partial charge in [0.1, 0.15) is 18.1 Å². The number of benzene rings is 3. The van der Waals surface area contributed by atoms with Gasteiger partial charge in [-0.15, -0.1) is 0 Å². The fourth-order valence-corrected chi connectivity index (χ4v) is 3.95. The topological polar surface area (TPSA) is 52.5 Å². The summed E-state index contributed by atoms with van der Waals surface area (Å²) in [5, 5.41) is 4.05. The first-order valence-corrected chi connectivity index (χ1v) is 10.2. The molecule has 0 unspecified atom stereocenters. The van der Waals surface area contributed by atoms with Crippen LogP contribution in [0.2, 0.25) is 0 Å². The average Bonchev–Trinajstić information content (AvgIpc) is 3.32. The highest BCUT2D eigenvalue weighted by Gasteiger charge is 2.23. The monoisotopic (exact) mass is 410 g/mol. The third-order valence-corrected chi connectivity index (χ3v) is 5.49. The zero-order valence-electron chi connectivity index (χ0n) is 17.2. The molecule has 5 heteroatoms. The van der Waals surface area contributed by atoms with Crippen LogP contribution < -0.4 is 14.8 Å². The number of rotatable bonds is 6. The number of methoxy groups -OCH3 is 1. The lowest BCUT2D eigenvalue weighted by Gasteiger charge is -2.09. The molecule has 3 aromatic carbocycles. The molecule has 0 radical (unpaired) electrons. The van der Waals surface area contributed by atoms with Crippen molar-refractivity contribution < 1.29 is 14.3 Å². The quantitative estimate of drug-likeness (QED) is 0.443. The summed E-state index contributed by atoms with van der Waals surface area (Å²) in [4.78, 5) is 12.5. The molecular formula is C26H22N2O3. The van der Waals surface area contributed by atoms with Crippen LogP contribution in [0.5, 0.6) is 11.5 Å². The van der Waals surface area contributed by atoms with Crippen molar-refractivity contribution in [2.75, 3.05) is 19.0 Å². The fraction of sp³-hybridized carbons (Fsp3) is 0.115. The molecule has 154 valence electrons. The number of para-hydroxylation sites is 2. The molecule has 1 aliphatic heterocycles. The van der Waals surface area contributed by atoms with E-state index in [4.69, 9.17) is 9.47 Å². The minimum Gasteiger partial charge on any atom is -0.497 e. The normalized spacial score (nSPS) is 14.0. The summed E-state index contributed by atoms with van der Waals surface area (Å²) in [7, 11) is 1.65. The maximum Gasteiger partial charge on any atom is 0.256 e. The van der Waals surface area contributed by atoms with E-state index in [0.29, 0.717) is 18.7 Å². The number of nitrogens with one attached hydrogen (secondary N) is 1. The van der Waals surface area contributed by atoms with Gasteiger partial charge in [-0.1, -0.05) is 36.4 Å². The number of carbonyl (C=O) groups is 1. The minimum atomic E-state index is -0.0686. The smallest absolute Gasteiger partial charge is 0.256 e. The SMILES string of the molecule is COc1ccc(OCCn2cc(/C=C3/C(=O)Nc4ccccc43)c3ccccc32)cc1. The van der Waals surface area contributed by atoms with Gasteiger partial charge in [0.05, 0.1) is 13.7 Å². The Morgan fingerprint density at radius 3 is 2.52 bits per heavy atom. The maximum atomic E-state index is 12.5. The van der Waals surface area contributed by atoms with Crippen LogP contribution in [-0.4, -0.2) is 24.2 Å². The molecule has 0 saturated heterocycles. The second-order valence-corrected chi connectivity index (χ2v) is 7.38. The summed E-state index contributed by atoms with van der Waals surface area (Å²) in [5.41, 5.74) is 4.61. The number of amides is 1. The Bertz CT molecular complexity index is 1290. The molecule has 1 aromatic heterocycles. The van der Waals surface area contributed by atoms with Crippen molar-refractivity contribution in [2.24, 2.45) is 0 Å². The number of hydrogen-bond acceptors (Lipinski definition) is 3. The Kier molecular flexibility index (Phi) is 4.92. The predicted molar refractivity (Wildman–Crippen MR) is 123 cm³/mol. The van der Waals surface area contributed by atoms with E-state index in [2.05, 4.69) is 28.2 Å². The standard InChI is InChI=1S/C26H22N2O3/c1-30-19-10-12-20(13-11-19)31-15-14-28-17-18(21-6-3-5-9-25(21)28)16-23-22-7-2-4-8-24(22)27-26(23)29/h2-13,16-17H,14-15H2,1H3,(H,27,29)/b23-16+. The van der Waals surface area contributed by atoms with Crippen molar-refractivity contribution in [1.82, 2.24) is 4.57 Å². The second kappa shape index (κ2) is 8.03. The van der Waals surface area contributed by atoms with Gasteiger partial charge >= 0.3 is 0 Å². The van der Waals surface area contributed by atoms with Gasteiger partial charge in [0.15, 0.2) is 0 Å². The van der Waals surface area contributed by atoms with Crippen LogP contribution in [0.1, 0.15) is 11.1 Å². The van der Waals surface area contributed by atoms with Gasteiger partial charge in [-0.05, 0) is 42.5 Å². The van der Waals surface area contributed by atoms with E-state index < -0.39 is 0 Å². The van der Waals surface area contributed by atoms with Crippen molar-refractivity contribution in [3.05, 3.63) is 90.1 Å². The van der Waals surface area contributed by atoms with Gasteiger partial charge in [0.2, 0.25) is 0 Å². The van der Waals surface area contributed by atoms with E-state index in [-0.39, 0.29) is 5.91 Å². The largest absolute Gasteiger partial charge is 0.497 e. The summed E-state index contributed by atoms with van der Waals surface area (Å²) in [6, 6.07) is 23.6. The maximum absolute atomic E-state index is 12.5. The molecule has 4 aromatic rings. The van der Waals surface area contributed by atoms with E-state index in [1.807, 2.05) is 66.7 Å². The lowest BCUT2D eigenvalue weighted by Crippen LogP contribution is -2.07. The number of carbonyl (C=O) groups excluding carboxylic acids is 1. The summed E-state index contributed by atoms with van der Waals surface area (Å²) >= 11 is 0. The van der Waals surface area contributed by atoms with Crippen LogP contribution in [0, 0.1) is 0 Å². The summed E-state index contributed by atoms with van der Waals surface area (Å²) in [6.07, 6.45) is 4.06. The summed E-state index contributed by atoms with van der Waals surface area (Å²) in [6.45, 7) is 1.23. The van der Waals surface area contributed by atoms with Crippen molar-refractivity contribution in [3.63, 3.8) is 0 Å². The fourth-order valence-electron chi connectivity index (χ4n) is 3.95. The molecule has 0 aliphatic carbocycles. The Labute approximate surface area is 180 Å². The first kappa shape index (κ1) is 19.0. The van der Waals surface area contributed by atoms with Crippen LogP contribution in [0.3, 0.4) is 0 Å². The summed E-state index contributed by atoms with van der Waals surface area (Å²) < 4.78 is 13.3. The van der Waals surface area contributed by atoms with Gasteiger partial charge < -0.3 is 19.4 Å². The van der Waals surface area contributed by atoms with Gasteiger partial charge in [-0.3, -0.25) is 4.79 Å². The molecular weight excluding hydrogens is 388 g/mol. The average molecular weight is 410 g/mol. The number of aromatic nitrogens is 1. The molecule has 2 heterocycles. The van der Waals surface area contributed by atoms with E-state index in [1.54, 1.807) is 7.11 Å². The van der Waals surface area contributed by atoms with E-state index in [0.717, 1.165) is 39.2 Å². The first-order chi connectivity index (χ1) is 15.2. The van der Waals surface area contributed by atoms with Crippen molar-refractivity contribution in [1.29, 1.82) is 0 Å². The highest BCUT2D eigenvalue weighted by atomic mass is 16.5. The molecule has 1 aliphatic rings. The van der Waals surface area contributed by atoms with Crippen molar-refractivity contribution in [2.45, 2.75) is 6.54 Å². The molecule has 1 N–H and O–H groups in total. The lowest BCUT2D eigenvalue weighted by atomic mass is 10.0. The Morgan fingerprint density at radius 2 is 1.68 bits per heavy atom. The predicted octanol–water partition coefficient (Wildman–Crippen LogP) is 5.22. The molecule has 5 nitrogen and oxygen atoms in total. The van der Waals surface area contributed by atoms with Crippen molar-refractivity contribution >= 4 is 34.1 Å². The summed E-state index contributed by atoms with van der Waals surface area (Å²) in [5.74, 6) is 1.54. The Hall–Kier alpha value is -3.99. The van der Waals surface area contributed by atoms with Crippen LogP contribution in [0.15, 0.2) is 79.0 Å². The number of anilines is 1. The molecule has 0 bridgehead atoms. The van der Waals surface area contributed by atoms with Gasteiger partial charge in [0.25, 0.3) is 5.91 Å². The molecule has 0 spiro atoms. The van der Waals surface area contributed by atoms with E-state index in [9.17, 15) is 4.79 Å². The zero-order valence-corrected chi connectivity index (χ0v) is 17.2. The zero-order chi connectivity index (χ0) is 21.2. The van der Waals surface area contributed by atoms with Crippen LogP contribution in [0.25, 0.3) is 22.6 Å². The van der Waals surface area contributed by atoms with Crippen LogP contribution in [0.4, 0.5) is 5.69 Å². The van der Waals surface area contributed by atoms with E-state index in [1.165, 1.54) is 0 Å². The third-order valence-electron chi connectivity index (χ3n) is 5.49. The highest BCUT2D eigenvalue weighted by Crippen LogP contribution is 2.34. The molecule has 5 rings (SSSR count). The molecule has 0 fully saturated rings. The van der Waals surface area contributed by atoms with Crippen LogP contribution in [-0.2, 0) is 11.3 Å². The Balaban J connectivity index is 1.41. The number of nitrogens with zero attached hydrogens (tertiary/aromatic N) is 1. The van der Waals surface area contributed by atoms with Gasteiger partial charge in [-0.2, -0.15) is 0 Å². The van der Waals surface area contributed by atoms with Crippen LogP contribution >= 0.6 is 0 Å². The first-order valence-electron chi connectivity index (χ1n) is 10.2. The number of ether oxygens (including phenoxy) is 2. The number of fused-ring (bicyclic) bond motifs is 2. The second-order valence-electron chi connectivity index (χ2n) is 7.38. The molecule has 0 saturated carbocycles. The molecule has 0 atom stereocenters. The van der Waals surface area contributed by atoms with Crippen molar-refractivity contribution in [3.8, 4) is 11.5 Å². The molecule has 31 heavy (non-hydrogen) atoms. The van der Waals surface area contributed by atoms with Gasteiger partial charge in [-0.25, -0.2) is 0 Å². The third kappa shape index (κ3) is 3.66.